The van der Waals surface area contributed by atoms with E-state index in [-0.39, 0.29) is 5.56 Å². The number of hydrogen-bond acceptors (Lipinski definition) is 3. The van der Waals surface area contributed by atoms with Crippen LogP contribution in [0.15, 0.2) is 18.2 Å². The highest BCUT2D eigenvalue weighted by atomic mass is 19.1. The molecule has 1 aromatic rings. The van der Waals surface area contributed by atoms with Gasteiger partial charge in [-0.2, -0.15) is 0 Å². The maximum atomic E-state index is 13.7. The van der Waals surface area contributed by atoms with Crippen LogP contribution in [0.1, 0.15) is 23.2 Å². The minimum atomic E-state index is -0.572. The van der Waals surface area contributed by atoms with Crippen molar-refractivity contribution in [2.75, 3.05) is 26.9 Å². The van der Waals surface area contributed by atoms with E-state index in [0.29, 0.717) is 24.8 Å². The molecule has 1 saturated heterocycles. The van der Waals surface area contributed by atoms with Gasteiger partial charge in [-0.15, -0.1) is 0 Å². The van der Waals surface area contributed by atoms with Crippen LogP contribution in [0.5, 0.6) is 5.75 Å². The van der Waals surface area contributed by atoms with E-state index < -0.39 is 11.7 Å². The van der Waals surface area contributed by atoms with Crippen molar-refractivity contribution in [2.24, 2.45) is 5.92 Å². The van der Waals surface area contributed by atoms with Gasteiger partial charge in [0.05, 0.1) is 19.3 Å². The smallest absolute Gasteiger partial charge is 0.254 e. The highest BCUT2D eigenvalue weighted by Crippen LogP contribution is 2.17. The molecule has 0 bridgehead atoms. The molecule has 0 spiro atoms. The van der Waals surface area contributed by atoms with Crippen molar-refractivity contribution in [3.05, 3.63) is 29.6 Å². The lowest BCUT2D eigenvalue weighted by Gasteiger charge is -2.22. The number of carbonyl (C=O) groups is 1. The largest absolute Gasteiger partial charge is 0.497 e. The fourth-order valence-electron chi connectivity index (χ4n) is 2.11. The van der Waals surface area contributed by atoms with Crippen LogP contribution in [0.2, 0.25) is 0 Å². The molecule has 1 unspecified atom stereocenters. The molecule has 0 aliphatic carbocycles. The maximum Gasteiger partial charge on any atom is 0.254 e. The first-order chi connectivity index (χ1) is 9.20. The van der Waals surface area contributed by atoms with Gasteiger partial charge in [0.1, 0.15) is 11.6 Å². The predicted molar refractivity (Wildman–Crippen MR) is 68.8 cm³/mol. The second-order valence-electron chi connectivity index (χ2n) is 4.64. The minimum Gasteiger partial charge on any atom is -0.497 e. The van der Waals surface area contributed by atoms with Crippen molar-refractivity contribution < 1.29 is 18.7 Å². The van der Waals surface area contributed by atoms with E-state index in [9.17, 15) is 9.18 Å². The summed E-state index contributed by atoms with van der Waals surface area (Å²) in [5.74, 6) is -0.254. The topological polar surface area (TPSA) is 47.6 Å². The third kappa shape index (κ3) is 3.67. The molecule has 1 heterocycles. The van der Waals surface area contributed by atoms with Crippen molar-refractivity contribution in [2.45, 2.75) is 12.8 Å². The van der Waals surface area contributed by atoms with Crippen LogP contribution in [0, 0.1) is 11.7 Å². The van der Waals surface area contributed by atoms with E-state index in [4.69, 9.17) is 9.47 Å². The Hall–Kier alpha value is -1.62. The molecule has 2 rings (SSSR count). The van der Waals surface area contributed by atoms with Gasteiger partial charge in [0.2, 0.25) is 0 Å². The first-order valence-corrected chi connectivity index (χ1v) is 6.40. The number of nitrogens with one attached hydrogen (secondary N) is 1. The lowest BCUT2D eigenvalue weighted by atomic mass is 10.0. The Morgan fingerprint density at radius 2 is 2.42 bits per heavy atom. The molecular formula is C14H18FNO3. The number of carbonyl (C=O) groups excluding carboxylic acids is 1. The van der Waals surface area contributed by atoms with E-state index in [0.717, 1.165) is 19.4 Å². The van der Waals surface area contributed by atoms with Crippen molar-refractivity contribution in [3.63, 3.8) is 0 Å². The molecule has 1 amide bonds. The number of methoxy groups -OCH3 is 1. The summed E-state index contributed by atoms with van der Waals surface area (Å²) in [5.41, 5.74) is 0.0394. The third-order valence-corrected chi connectivity index (χ3v) is 3.23. The summed E-state index contributed by atoms with van der Waals surface area (Å²) in [5, 5.41) is 2.75. The molecule has 0 aromatic heterocycles. The van der Waals surface area contributed by atoms with Gasteiger partial charge in [-0.25, -0.2) is 4.39 Å². The van der Waals surface area contributed by atoms with Gasteiger partial charge in [-0.05, 0) is 30.9 Å². The normalized spacial score (nSPS) is 18.9. The Morgan fingerprint density at radius 3 is 3.05 bits per heavy atom. The van der Waals surface area contributed by atoms with Crippen molar-refractivity contribution in [1.29, 1.82) is 0 Å². The molecular weight excluding hydrogens is 249 g/mol. The van der Waals surface area contributed by atoms with Crippen LogP contribution in [0.25, 0.3) is 0 Å². The zero-order valence-corrected chi connectivity index (χ0v) is 10.9. The Balaban J connectivity index is 1.92. The van der Waals surface area contributed by atoms with Crippen LogP contribution >= 0.6 is 0 Å². The van der Waals surface area contributed by atoms with Gasteiger partial charge >= 0.3 is 0 Å². The van der Waals surface area contributed by atoms with Gasteiger partial charge in [-0.1, -0.05) is 0 Å². The monoisotopic (exact) mass is 267 g/mol. The number of halogens is 1. The zero-order chi connectivity index (χ0) is 13.7. The summed E-state index contributed by atoms with van der Waals surface area (Å²) in [6.45, 7) is 1.97. The minimum absolute atomic E-state index is 0.0394. The summed E-state index contributed by atoms with van der Waals surface area (Å²) in [7, 11) is 1.46. The van der Waals surface area contributed by atoms with E-state index >= 15 is 0 Å². The van der Waals surface area contributed by atoms with Crippen molar-refractivity contribution in [3.8, 4) is 5.75 Å². The molecule has 104 valence electrons. The maximum absolute atomic E-state index is 13.7. The van der Waals surface area contributed by atoms with E-state index in [2.05, 4.69) is 5.32 Å². The number of ether oxygens (including phenoxy) is 2. The molecule has 1 aliphatic heterocycles. The fourth-order valence-corrected chi connectivity index (χ4v) is 2.11. The fraction of sp³-hybridized carbons (Fsp3) is 0.500. The first kappa shape index (κ1) is 13.8. The molecule has 0 radical (unpaired) electrons. The van der Waals surface area contributed by atoms with Crippen molar-refractivity contribution >= 4 is 5.91 Å². The van der Waals surface area contributed by atoms with Gasteiger partial charge in [-0.3, -0.25) is 4.79 Å². The molecule has 1 aliphatic rings. The lowest BCUT2D eigenvalue weighted by molar-refractivity contribution is 0.0536. The van der Waals surface area contributed by atoms with Gasteiger partial charge in [0, 0.05) is 19.2 Å². The average molecular weight is 267 g/mol. The summed E-state index contributed by atoms with van der Waals surface area (Å²) < 4.78 is 23.9. The van der Waals surface area contributed by atoms with Gasteiger partial charge in [0.25, 0.3) is 5.91 Å². The van der Waals surface area contributed by atoms with E-state index in [1.54, 1.807) is 6.07 Å². The second kappa shape index (κ2) is 6.52. The summed E-state index contributed by atoms with van der Waals surface area (Å²) in [6, 6.07) is 4.21. The molecule has 19 heavy (non-hydrogen) atoms. The molecule has 4 nitrogen and oxygen atoms in total. The van der Waals surface area contributed by atoms with Crippen LogP contribution in [-0.2, 0) is 4.74 Å². The number of benzene rings is 1. The van der Waals surface area contributed by atoms with Crippen LogP contribution in [0.3, 0.4) is 0 Å². The quantitative estimate of drug-likeness (QED) is 0.907. The average Bonchev–Trinajstić information content (AvgIpc) is 2.45. The zero-order valence-electron chi connectivity index (χ0n) is 10.9. The molecule has 1 atom stereocenters. The van der Waals surface area contributed by atoms with E-state index in [1.807, 2.05) is 0 Å². The molecule has 1 fully saturated rings. The Kier molecular flexibility index (Phi) is 4.74. The number of amides is 1. The second-order valence-corrected chi connectivity index (χ2v) is 4.64. The first-order valence-electron chi connectivity index (χ1n) is 6.40. The number of rotatable bonds is 4. The Bertz CT molecular complexity index is 444. The molecule has 1 N–H and O–H groups in total. The van der Waals surface area contributed by atoms with Gasteiger partial charge < -0.3 is 14.8 Å². The highest BCUT2D eigenvalue weighted by molar-refractivity contribution is 5.94. The van der Waals surface area contributed by atoms with Gasteiger partial charge in [0.15, 0.2) is 0 Å². The standard InChI is InChI=1S/C14H18FNO3/c1-18-11-4-5-12(13(15)7-11)14(17)16-8-10-3-2-6-19-9-10/h4-5,7,10H,2-3,6,8-9H2,1H3,(H,16,17). The Labute approximate surface area is 111 Å². The van der Waals surface area contributed by atoms with Crippen molar-refractivity contribution in [1.82, 2.24) is 5.32 Å². The third-order valence-electron chi connectivity index (χ3n) is 3.23. The summed E-state index contributed by atoms with van der Waals surface area (Å²) in [4.78, 5) is 11.9. The Morgan fingerprint density at radius 1 is 1.58 bits per heavy atom. The molecule has 1 aromatic carbocycles. The predicted octanol–water partition coefficient (Wildman–Crippen LogP) is 1.99. The molecule has 0 saturated carbocycles. The number of hydrogen-bond donors (Lipinski definition) is 1. The van der Waals surface area contributed by atoms with E-state index in [1.165, 1.54) is 19.2 Å². The summed E-state index contributed by atoms with van der Waals surface area (Å²) in [6.07, 6.45) is 2.04. The highest BCUT2D eigenvalue weighted by Gasteiger charge is 2.17. The van der Waals surface area contributed by atoms with Crippen LogP contribution in [-0.4, -0.2) is 32.8 Å². The molecule has 5 heteroatoms. The van der Waals surface area contributed by atoms with Crippen LogP contribution < -0.4 is 10.1 Å². The summed E-state index contributed by atoms with van der Waals surface area (Å²) >= 11 is 0. The van der Waals surface area contributed by atoms with Crippen LogP contribution in [0.4, 0.5) is 4.39 Å². The SMILES string of the molecule is COc1ccc(C(=O)NCC2CCCOC2)c(F)c1. The lowest BCUT2D eigenvalue weighted by Crippen LogP contribution is -2.33.